The molecule has 0 bridgehead atoms. The molecule has 0 saturated carbocycles. The largest absolute Gasteiger partial charge is 0.468 e. The minimum atomic E-state index is -3.73. The summed E-state index contributed by atoms with van der Waals surface area (Å²) in [6, 6.07) is 6.24. The van der Waals surface area contributed by atoms with Crippen molar-refractivity contribution in [2.75, 3.05) is 20.7 Å². The predicted molar refractivity (Wildman–Crippen MR) is 75.5 cm³/mol. The zero-order valence-corrected chi connectivity index (χ0v) is 12.7. The lowest BCUT2D eigenvalue weighted by Gasteiger charge is -2.17. The molecule has 6 nitrogen and oxygen atoms in total. The molecule has 0 amide bonds. The molecule has 0 aromatic heterocycles. The van der Waals surface area contributed by atoms with Gasteiger partial charge in [-0.1, -0.05) is 19.1 Å². The fourth-order valence-corrected chi connectivity index (χ4v) is 2.82. The Labute approximate surface area is 119 Å². The summed E-state index contributed by atoms with van der Waals surface area (Å²) >= 11 is 0. The molecular formula is C13H20N2O4S. The Morgan fingerprint density at radius 1 is 1.45 bits per heavy atom. The second-order valence-corrected chi connectivity index (χ2v) is 6.47. The Balaban J connectivity index is 3.06. The van der Waals surface area contributed by atoms with Crippen molar-refractivity contribution in [3.8, 4) is 0 Å². The van der Waals surface area contributed by atoms with Crippen LogP contribution in [0.3, 0.4) is 0 Å². The molecule has 0 aliphatic heterocycles. The lowest BCUT2D eigenvalue weighted by molar-refractivity contribution is -0.140. The van der Waals surface area contributed by atoms with E-state index in [4.69, 9.17) is 5.73 Å². The molecule has 1 aromatic carbocycles. The smallest absolute Gasteiger partial charge is 0.321 e. The van der Waals surface area contributed by atoms with Gasteiger partial charge in [0, 0.05) is 13.1 Å². The van der Waals surface area contributed by atoms with E-state index in [1.54, 1.807) is 12.1 Å². The number of rotatable bonds is 6. The van der Waals surface area contributed by atoms with Gasteiger partial charge in [-0.05, 0) is 24.1 Å². The number of benzene rings is 1. The van der Waals surface area contributed by atoms with E-state index in [0.29, 0.717) is 6.42 Å². The molecule has 20 heavy (non-hydrogen) atoms. The quantitative estimate of drug-likeness (QED) is 0.788. The monoisotopic (exact) mass is 300 g/mol. The Bertz CT molecular complexity index is 571. The van der Waals surface area contributed by atoms with E-state index in [0.717, 1.165) is 9.87 Å². The van der Waals surface area contributed by atoms with E-state index in [2.05, 4.69) is 4.74 Å². The van der Waals surface area contributed by atoms with Gasteiger partial charge in [0.25, 0.3) is 0 Å². The molecule has 0 aliphatic carbocycles. The average Bonchev–Trinajstić information content (AvgIpc) is 2.46. The zero-order chi connectivity index (χ0) is 15.3. The molecule has 0 radical (unpaired) electrons. The van der Waals surface area contributed by atoms with Gasteiger partial charge in [0.15, 0.2) is 0 Å². The number of esters is 1. The number of carbonyl (C=O) groups excluding carboxylic acids is 1. The van der Waals surface area contributed by atoms with Crippen molar-refractivity contribution in [3.63, 3.8) is 0 Å². The van der Waals surface area contributed by atoms with Gasteiger partial charge in [0.2, 0.25) is 10.0 Å². The summed E-state index contributed by atoms with van der Waals surface area (Å²) in [5, 5.41) is 0. The Kier molecular flexibility index (Phi) is 5.67. The summed E-state index contributed by atoms with van der Waals surface area (Å²) in [6.45, 7) is 1.60. The van der Waals surface area contributed by atoms with Crippen LogP contribution in [0.5, 0.6) is 0 Å². The minimum Gasteiger partial charge on any atom is -0.468 e. The number of sulfonamides is 1. The van der Waals surface area contributed by atoms with Crippen molar-refractivity contribution in [1.29, 1.82) is 0 Å². The van der Waals surface area contributed by atoms with E-state index < -0.39 is 16.0 Å². The van der Waals surface area contributed by atoms with Crippen LogP contribution >= 0.6 is 0 Å². The van der Waals surface area contributed by atoms with E-state index in [9.17, 15) is 13.2 Å². The van der Waals surface area contributed by atoms with Crippen molar-refractivity contribution in [2.24, 2.45) is 5.73 Å². The summed E-state index contributed by atoms with van der Waals surface area (Å²) in [5.41, 5.74) is 6.65. The van der Waals surface area contributed by atoms with Gasteiger partial charge in [-0.2, -0.15) is 4.31 Å². The second kappa shape index (κ2) is 6.83. The van der Waals surface area contributed by atoms with Crippen molar-refractivity contribution in [2.45, 2.75) is 24.3 Å². The van der Waals surface area contributed by atoms with Gasteiger partial charge in [0.1, 0.15) is 6.54 Å². The first-order valence-corrected chi connectivity index (χ1v) is 7.65. The third kappa shape index (κ3) is 3.78. The second-order valence-electron chi connectivity index (χ2n) is 4.42. The molecular weight excluding hydrogens is 280 g/mol. The number of methoxy groups -OCH3 is 1. The molecule has 1 aromatic rings. The van der Waals surface area contributed by atoms with Gasteiger partial charge >= 0.3 is 5.97 Å². The highest BCUT2D eigenvalue weighted by Gasteiger charge is 2.23. The molecule has 0 saturated heterocycles. The van der Waals surface area contributed by atoms with E-state index in [-0.39, 0.29) is 17.5 Å². The van der Waals surface area contributed by atoms with E-state index in [1.165, 1.54) is 26.3 Å². The molecule has 0 spiro atoms. The van der Waals surface area contributed by atoms with E-state index >= 15 is 0 Å². The first kappa shape index (κ1) is 16.6. The maximum absolute atomic E-state index is 12.3. The number of likely N-dealkylation sites (N-methyl/N-ethyl adjacent to an activating group) is 1. The van der Waals surface area contributed by atoms with Crippen LogP contribution in [-0.2, 0) is 19.6 Å². The van der Waals surface area contributed by atoms with Gasteiger partial charge < -0.3 is 10.5 Å². The first-order chi connectivity index (χ1) is 9.32. The number of hydrogen-bond donors (Lipinski definition) is 1. The summed E-state index contributed by atoms with van der Waals surface area (Å²) in [7, 11) is -1.19. The molecule has 1 unspecified atom stereocenters. The van der Waals surface area contributed by atoms with Crippen LogP contribution in [0, 0.1) is 0 Å². The normalized spacial score (nSPS) is 13.2. The van der Waals surface area contributed by atoms with E-state index in [1.807, 2.05) is 6.92 Å². The first-order valence-electron chi connectivity index (χ1n) is 6.21. The standard InChI is InChI=1S/C13H20N2O4S/c1-4-12(14)10-6-5-7-11(8-10)20(17,18)15(2)9-13(16)19-3/h5-8,12H,4,9,14H2,1-3H3. The van der Waals surface area contributed by atoms with Crippen LogP contribution in [0.25, 0.3) is 0 Å². The van der Waals surface area contributed by atoms with Crippen LogP contribution in [-0.4, -0.2) is 39.4 Å². The van der Waals surface area contributed by atoms with Crippen molar-refractivity contribution in [1.82, 2.24) is 4.31 Å². The summed E-state index contributed by atoms with van der Waals surface area (Å²) in [4.78, 5) is 11.3. The molecule has 0 fully saturated rings. The van der Waals surface area contributed by atoms with Gasteiger partial charge in [-0.3, -0.25) is 4.79 Å². The number of carbonyl (C=O) groups is 1. The molecule has 1 atom stereocenters. The highest BCUT2D eigenvalue weighted by molar-refractivity contribution is 7.89. The van der Waals surface area contributed by atoms with Crippen molar-refractivity contribution >= 4 is 16.0 Å². The van der Waals surface area contributed by atoms with Crippen LogP contribution in [0.4, 0.5) is 0 Å². The lowest BCUT2D eigenvalue weighted by Crippen LogP contribution is -2.32. The van der Waals surface area contributed by atoms with Crippen LogP contribution < -0.4 is 5.73 Å². The zero-order valence-electron chi connectivity index (χ0n) is 11.9. The molecule has 7 heteroatoms. The number of nitrogens with zero attached hydrogens (tertiary/aromatic N) is 1. The highest BCUT2D eigenvalue weighted by atomic mass is 32.2. The third-order valence-electron chi connectivity index (χ3n) is 3.01. The predicted octanol–water partition coefficient (Wildman–Crippen LogP) is 0.890. The maximum atomic E-state index is 12.3. The number of ether oxygens (including phenoxy) is 1. The number of nitrogens with two attached hydrogens (primary N) is 1. The topological polar surface area (TPSA) is 89.7 Å². The third-order valence-corrected chi connectivity index (χ3v) is 4.81. The Morgan fingerprint density at radius 2 is 2.10 bits per heavy atom. The van der Waals surface area contributed by atoms with Crippen molar-refractivity contribution in [3.05, 3.63) is 29.8 Å². The van der Waals surface area contributed by atoms with Crippen LogP contribution in [0.15, 0.2) is 29.2 Å². The lowest BCUT2D eigenvalue weighted by atomic mass is 10.1. The SMILES string of the molecule is CCC(N)c1cccc(S(=O)(=O)N(C)CC(=O)OC)c1. The van der Waals surface area contributed by atoms with Gasteiger partial charge in [-0.25, -0.2) is 8.42 Å². The van der Waals surface area contributed by atoms with Gasteiger partial charge in [-0.15, -0.1) is 0 Å². The van der Waals surface area contributed by atoms with Crippen LogP contribution in [0.2, 0.25) is 0 Å². The molecule has 112 valence electrons. The summed E-state index contributed by atoms with van der Waals surface area (Å²) in [5.74, 6) is -0.613. The highest BCUT2D eigenvalue weighted by Crippen LogP contribution is 2.20. The van der Waals surface area contributed by atoms with Crippen molar-refractivity contribution < 1.29 is 17.9 Å². The maximum Gasteiger partial charge on any atom is 0.321 e. The fraction of sp³-hybridized carbons (Fsp3) is 0.462. The number of hydrogen-bond acceptors (Lipinski definition) is 5. The summed E-state index contributed by atoms with van der Waals surface area (Å²) < 4.78 is 30.1. The van der Waals surface area contributed by atoms with Gasteiger partial charge in [0.05, 0.1) is 12.0 Å². The molecule has 0 aliphatic rings. The molecule has 2 N–H and O–H groups in total. The Morgan fingerprint density at radius 3 is 2.65 bits per heavy atom. The summed E-state index contributed by atoms with van der Waals surface area (Å²) in [6.07, 6.45) is 0.710. The fourth-order valence-electron chi connectivity index (χ4n) is 1.65. The van der Waals surface area contributed by atoms with Crippen LogP contribution in [0.1, 0.15) is 24.9 Å². The molecule has 1 rings (SSSR count). The Hall–Kier alpha value is -1.44. The average molecular weight is 300 g/mol. The molecule has 0 heterocycles. The minimum absolute atomic E-state index is 0.116.